The maximum Gasteiger partial charge on any atom is 0.293 e. The van der Waals surface area contributed by atoms with Crippen LogP contribution in [0.15, 0.2) is 16.6 Å². The van der Waals surface area contributed by atoms with Crippen molar-refractivity contribution in [1.29, 1.82) is 0 Å². The van der Waals surface area contributed by atoms with Crippen LogP contribution in [0.1, 0.15) is 19.8 Å². The van der Waals surface area contributed by atoms with E-state index in [0.717, 1.165) is 12.8 Å². The number of benzene rings is 1. The molecule has 1 atom stereocenters. The minimum atomic E-state index is -0.988. The third-order valence-corrected chi connectivity index (χ3v) is 3.36. The second-order valence-corrected chi connectivity index (χ2v) is 5.33. The van der Waals surface area contributed by atoms with E-state index in [4.69, 9.17) is 9.84 Å². The van der Waals surface area contributed by atoms with Gasteiger partial charge < -0.3 is 20.3 Å². The topological polar surface area (TPSA) is 105 Å². The fraction of sp³-hybridized carbons (Fsp3) is 0.538. The number of unbranched alkanes of at least 4 members (excludes halogenated alkanes) is 1. The minimum absolute atomic E-state index is 0.00731. The first-order valence-corrected chi connectivity index (χ1v) is 7.42. The molecule has 21 heavy (non-hydrogen) atoms. The summed E-state index contributed by atoms with van der Waals surface area (Å²) in [6.07, 6.45) is 0.881. The molecule has 0 aliphatic carbocycles. The summed E-state index contributed by atoms with van der Waals surface area (Å²) >= 11 is 3.25. The van der Waals surface area contributed by atoms with Crippen LogP contribution in [-0.4, -0.2) is 41.0 Å². The van der Waals surface area contributed by atoms with Crippen LogP contribution in [-0.2, 0) is 0 Å². The molecule has 0 bridgehead atoms. The zero-order valence-electron chi connectivity index (χ0n) is 11.7. The van der Waals surface area contributed by atoms with E-state index in [2.05, 4.69) is 21.2 Å². The Kier molecular flexibility index (Phi) is 7.41. The molecule has 8 heteroatoms. The Labute approximate surface area is 131 Å². The number of aliphatic hydroxyl groups is 2. The van der Waals surface area contributed by atoms with E-state index in [1.807, 2.05) is 6.92 Å². The van der Waals surface area contributed by atoms with Crippen LogP contribution in [0.25, 0.3) is 0 Å². The molecule has 118 valence electrons. The number of anilines is 1. The zero-order valence-corrected chi connectivity index (χ0v) is 13.3. The van der Waals surface area contributed by atoms with Crippen molar-refractivity contribution in [2.24, 2.45) is 0 Å². The molecule has 0 radical (unpaired) electrons. The SMILES string of the molecule is CCCCOc1cc(NCC(O)CO)c([N+](=O)[O-])cc1Br. The first-order valence-electron chi connectivity index (χ1n) is 6.63. The predicted molar refractivity (Wildman–Crippen MR) is 82.8 cm³/mol. The highest BCUT2D eigenvalue weighted by molar-refractivity contribution is 9.10. The molecule has 1 aromatic carbocycles. The van der Waals surface area contributed by atoms with Gasteiger partial charge in [0.2, 0.25) is 0 Å². The number of nitro benzene ring substituents is 1. The Morgan fingerprint density at radius 3 is 2.81 bits per heavy atom. The number of rotatable bonds is 9. The zero-order chi connectivity index (χ0) is 15.8. The van der Waals surface area contributed by atoms with Gasteiger partial charge >= 0.3 is 0 Å². The minimum Gasteiger partial charge on any atom is -0.492 e. The number of halogens is 1. The standard InChI is InChI=1S/C13H19BrN2O5/c1-2-3-4-21-13-6-11(15-7-9(18)8-17)12(16(19)20)5-10(13)14/h5-6,9,15,17-18H,2-4,7-8H2,1H3. The van der Waals surface area contributed by atoms with Gasteiger partial charge in [-0.05, 0) is 22.4 Å². The van der Waals surface area contributed by atoms with E-state index in [1.165, 1.54) is 12.1 Å². The lowest BCUT2D eigenvalue weighted by Crippen LogP contribution is -2.23. The summed E-state index contributed by atoms with van der Waals surface area (Å²) in [7, 11) is 0. The average Bonchev–Trinajstić information content (AvgIpc) is 2.46. The molecule has 1 unspecified atom stereocenters. The van der Waals surface area contributed by atoms with Crippen LogP contribution in [0.2, 0.25) is 0 Å². The third kappa shape index (κ3) is 5.49. The fourth-order valence-electron chi connectivity index (χ4n) is 1.56. The van der Waals surface area contributed by atoms with Crippen molar-refractivity contribution < 1.29 is 19.9 Å². The predicted octanol–water partition coefficient (Wildman–Crippen LogP) is 2.30. The summed E-state index contributed by atoms with van der Waals surface area (Å²) in [5, 5.41) is 31.9. The molecule has 1 rings (SSSR count). The first-order chi connectivity index (χ1) is 9.99. The molecular weight excluding hydrogens is 344 g/mol. The van der Waals surface area contributed by atoms with Crippen molar-refractivity contribution in [2.45, 2.75) is 25.9 Å². The molecule has 0 aliphatic rings. The molecule has 0 aliphatic heterocycles. The summed E-state index contributed by atoms with van der Waals surface area (Å²) in [6, 6.07) is 2.87. The normalized spacial score (nSPS) is 12.0. The number of nitro groups is 1. The summed E-state index contributed by atoms with van der Waals surface area (Å²) in [5.41, 5.74) is 0.108. The number of hydrogen-bond donors (Lipinski definition) is 3. The highest BCUT2D eigenvalue weighted by atomic mass is 79.9. The van der Waals surface area contributed by atoms with Gasteiger partial charge in [-0.15, -0.1) is 0 Å². The molecule has 0 amide bonds. The lowest BCUT2D eigenvalue weighted by Gasteiger charge is -2.13. The molecule has 1 aromatic rings. The fourth-order valence-corrected chi connectivity index (χ4v) is 2.01. The maximum atomic E-state index is 11.1. The maximum absolute atomic E-state index is 11.1. The van der Waals surface area contributed by atoms with E-state index < -0.39 is 17.6 Å². The lowest BCUT2D eigenvalue weighted by atomic mass is 10.2. The molecule has 7 nitrogen and oxygen atoms in total. The molecular formula is C13H19BrN2O5. The average molecular weight is 363 g/mol. The van der Waals surface area contributed by atoms with Crippen LogP contribution < -0.4 is 10.1 Å². The molecule has 0 saturated carbocycles. The number of nitrogens with one attached hydrogen (secondary N) is 1. The van der Waals surface area contributed by atoms with Crippen LogP contribution >= 0.6 is 15.9 Å². The van der Waals surface area contributed by atoms with Crippen LogP contribution in [0.5, 0.6) is 5.75 Å². The van der Waals surface area contributed by atoms with E-state index in [-0.39, 0.29) is 17.9 Å². The quantitative estimate of drug-likeness (QED) is 0.353. The molecule has 0 heterocycles. The summed E-state index contributed by atoms with van der Waals surface area (Å²) in [4.78, 5) is 10.5. The largest absolute Gasteiger partial charge is 0.492 e. The Morgan fingerprint density at radius 2 is 2.24 bits per heavy atom. The Morgan fingerprint density at radius 1 is 1.52 bits per heavy atom. The Bertz CT molecular complexity index is 484. The van der Waals surface area contributed by atoms with Gasteiger partial charge in [-0.25, -0.2) is 0 Å². The second kappa shape index (κ2) is 8.81. The number of ether oxygens (including phenoxy) is 1. The molecule has 0 saturated heterocycles. The molecule has 0 spiro atoms. The van der Waals surface area contributed by atoms with Crippen molar-refractivity contribution in [2.75, 3.05) is 25.1 Å². The monoisotopic (exact) mass is 362 g/mol. The Balaban J connectivity index is 2.94. The Hall–Kier alpha value is -1.38. The first kappa shape index (κ1) is 17.7. The highest BCUT2D eigenvalue weighted by Crippen LogP contribution is 2.36. The lowest BCUT2D eigenvalue weighted by molar-refractivity contribution is -0.384. The number of aliphatic hydroxyl groups excluding tert-OH is 2. The summed E-state index contributed by atoms with van der Waals surface area (Å²) in [6.45, 7) is 2.15. The molecule has 3 N–H and O–H groups in total. The second-order valence-electron chi connectivity index (χ2n) is 4.48. The third-order valence-electron chi connectivity index (χ3n) is 2.74. The van der Waals surface area contributed by atoms with Gasteiger partial charge in [0.25, 0.3) is 5.69 Å². The number of hydrogen-bond acceptors (Lipinski definition) is 6. The van der Waals surface area contributed by atoms with Crippen LogP contribution in [0, 0.1) is 10.1 Å². The van der Waals surface area contributed by atoms with E-state index in [0.29, 0.717) is 16.8 Å². The van der Waals surface area contributed by atoms with Gasteiger partial charge in [-0.1, -0.05) is 13.3 Å². The van der Waals surface area contributed by atoms with Crippen molar-refractivity contribution >= 4 is 27.3 Å². The van der Waals surface area contributed by atoms with Crippen LogP contribution in [0.3, 0.4) is 0 Å². The van der Waals surface area contributed by atoms with Gasteiger partial charge in [0, 0.05) is 18.7 Å². The van der Waals surface area contributed by atoms with Crippen LogP contribution in [0.4, 0.5) is 11.4 Å². The van der Waals surface area contributed by atoms with Crippen molar-refractivity contribution in [3.8, 4) is 5.75 Å². The van der Waals surface area contributed by atoms with E-state index >= 15 is 0 Å². The highest BCUT2D eigenvalue weighted by Gasteiger charge is 2.18. The molecule has 0 fully saturated rings. The van der Waals surface area contributed by atoms with Gasteiger partial charge in [0.15, 0.2) is 0 Å². The summed E-state index contributed by atoms with van der Waals surface area (Å²) < 4.78 is 6.06. The van der Waals surface area contributed by atoms with Crippen molar-refractivity contribution in [3.05, 3.63) is 26.7 Å². The van der Waals surface area contributed by atoms with Gasteiger partial charge in [-0.2, -0.15) is 0 Å². The number of nitrogens with zero attached hydrogens (tertiary/aromatic N) is 1. The molecule has 0 aromatic heterocycles. The van der Waals surface area contributed by atoms with Gasteiger partial charge in [-0.3, -0.25) is 10.1 Å². The van der Waals surface area contributed by atoms with Crippen molar-refractivity contribution in [1.82, 2.24) is 0 Å². The van der Waals surface area contributed by atoms with Crippen molar-refractivity contribution in [3.63, 3.8) is 0 Å². The summed E-state index contributed by atoms with van der Waals surface area (Å²) in [5.74, 6) is 0.495. The van der Waals surface area contributed by atoms with Gasteiger partial charge in [0.1, 0.15) is 11.4 Å². The van der Waals surface area contributed by atoms with E-state index in [9.17, 15) is 15.2 Å². The van der Waals surface area contributed by atoms with E-state index in [1.54, 1.807) is 0 Å². The van der Waals surface area contributed by atoms with Gasteiger partial charge in [0.05, 0.1) is 28.7 Å². The smallest absolute Gasteiger partial charge is 0.293 e.